The van der Waals surface area contributed by atoms with Crippen LogP contribution in [0.3, 0.4) is 0 Å². The highest BCUT2D eigenvalue weighted by molar-refractivity contribution is 7.15. The van der Waals surface area contributed by atoms with Crippen molar-refractivity contribution in [1.82, 2.24) is 0 Å². The Bertz CT molecular complexity index is 238. The first-order chi connectivity index (χ1) is 4.63. The van der Waals surface area contributed by atoms with E-state index in [1.807, 2.05) is 0 Å². The van der Waals surface area contributed by atoms with Crippen LogP contribution in [0.4, 0.5) is 14.5 Å². The van der Waals surface area contributed by atoms with Crippen LogP contribution in [-0.4, -0.2) is 0 Å². The molecule has 0 aliphatic heterocycles. The SMILES string of the molecule is Cl.Nc1c(C(F)F)csc1Cl. The molecule has 0 saturated heterocycles. The molecule has 2 N–H and O–H groups in total. The van der Waals surface area contributed by atoms with Crippen LogP contribution in [0.25, 0.3) is 0 Å². The zero-order chi connectivity index (χ0) is 7.72. The van der Waals surface area contributed by atoms with E-state index in [1.54, 1.807) is 0 Å². The largest absolute Gasteiger partial charge is 0.396 e. The zero-order valence-electron chi connectivity index (χ0n) is 5.18. The number of alkyl halides is 2. The van der Waals surface area contributed by atoms with E-state index in [-0.39, 0.29) is 28.0 Å². The first-order valence-corrected chi connectivity index (χ1v) is 3.69. The summed E-state index contributed by atoms with van der Waals surface area (Å²) >= 11 is 6.45. The summed E-state index contributed by atoms with van der Waals surface area (Å²) in [6, 6.07) is 0. The third kappa shape index (κ3) is 2.18. The van der Waals surface area contributed by atoms with E-state index in [2.05, 4.69) is 0 Å². The van der Waals surface area contributed by atoms with Gasteiger partial charge in [0.15, 0.2) is 0 Å². The van der Waals surface area contributed by atoms with E-state index >= 15 is 0 Å². The van der Waals surface area contributed by atoms with Gasteiger partial charge in [-0.1, -0.05) is 11.6 Å². The van der Waals surface area contributed by atoms with Crippen molar-refractivity contribution in [2.75, 3.05) is 5.73 Å². The first-order valence-electron chi connectivity index (χ1n) is 2.43. The molecule has 1 aromatic heterocycles. The van der Waals surface area contributed by atoms with Gasteiger partial charge in [0, 0.05) is 5.38 Å². The van der Waals surface area contributed by atoms with Gasteiger partial charge in [0.05, 0.1) is 11.3 Å². The maximum absolute atomic E-state index is 11.9. The summed E-state index contributed by atoms with van der Waals surface area (Å²) < 4.78 is 24.1. The predicted molar refractivity (Wildman–Crippen MR) is 45.9 cm³/mol. The molecule has 1 aromatic rings. The van der Waals surface area contributed by atoms with Gasteiger partial charge in [-0.2, -0.15) is 0 Å². The van der Waals surface area contributed by atoms with Gasteiger partial charge in [-0.15, -0.1) is 23.7 Å². The van der Waals surface area contributed by atoms with Gasteiger partial charge < -0.3 is 5.73 Å². The number of anilines is 1. The second-order valence-electron chi connectivity index (χ2n) is 1.68. The Morgan fingerprint density at radius 2 is 2.09 bits per heavy atom. The van der Waals surface area contributed by atoms with E-state index in [0.29, 0.717) is 0 Å². The van der Waals surface area contributed by atoms with E-state index in [9.17, 15) is 8.78 Å². The maximum atomic E-state index is 11.9. The Hall–Kier alpha value is -0.0600. The summed E-state index contributed by atoms with van der Waals surface area (Å²) in [7, 11) is 0. The van der Waals surface area contributed by atoms with Crippen molar-refractivity contribution in [1.29, 1.82) is 0 Å². The molecule has 0 fully saturated rings. The summed E-state index contributed by atoms with van der Waals surface area (Å²) in [5.74, 6) is 0. The highest BCUT2D eigenvalue weighted by Crippen LogP contribution is 2.35. The molecule has 1 rings (SSSR count). The van der Waals surface area contributed by atoms with Gasteiger partial charge in [-0.3, -0.25) is 0 Å². The molecule has 0 atom stereocenters. The Morgan fingerprint density at radius 1 is 1.55 bits per heavy atom. The van der Waals surface area contributed by atoms with E-state index in [0.717, 1.165) is 11.3 Å². The number of thiophene rings is 1. The molecule has 0 saturated carbocycles. The molecule has 0 radical (unpaired) electrons. The molecule has 0 bridgehead atoms. The molecule has 0 aromatic carbocycles. The van der Waals surface area contributed by atoms with Crippen molar-refractivity contribution in [3.63, 3.8) is 0 Å². The predicted octanol–water partition coefficient (Wildman–Crippen LogP) is 3.34. The summed E-state index contributed by atoms with van der Waals surface area (Å²) in [5.41, 5.74) is 5.03. The first kappa shape index (κ1) is 10.9. The Balaban J connectivity index is 0.000001000. The monoisotopic (exact) mass is 219 g/mol. The smallest absolute Gasteiger partial charge is 0.266 e. The lowest BCUT2D eigenvalue weighted by atomic mass is 10.3. The highest BCUT2D eigenvalue weighted by atomic mass is 35.5. The molecular formula is C5H5Cl2F2NS. The number of nitrogens with two attached hydrogens (primary N) is 1. The second-order valence-corrected chi connectivity index (χ2v) is 3.16. The standard InChI is InChI=1S/C5H4ClF2NS.ClH/c6-4-3(9)2(1-10-4)5(7)8;/h1,5H,9H2;1H. The van der Waals surface area contributed by atoms with E-state index in [1.165, 1.54) is 5.38 Å². The van der Waals surface area contributed by atoms with Gasteiger partial charge in [-0.05, 0) is 0 Å². The molecule has 1 heterocycles. The van der Waals surface area contributed by atoms with Crippen molar-refractivity contribution in [3.8, 4) is 0 Å². The number of hydrogen-bond donors (Lipinski definition) is 1. The lowest BCUT2D eigenvalue weighted by Crippen LogP contribution is -1.89. The molecule has 64 valence electrons. The Kier molecular flexibility index (Phi) is 4.07. The van der Waals surface area contributed by atoms with Crippen LogP contribution in [-0.2, 0) is 0 Å². The molecule has 0 amide bonds. The summed E-state index contributed by atoms with van der Waals surface area (Å²) in [6.07, 6.45) is -2.52. The fourth-order valence-corrected chi connectivity index (χ4v) is 1.47. The van der Waals surface area contributed by atoms with Crippen LogP contribution in [0.1, 0.15) is 12.0 Å². The molecule has 1 nitrogen and oxygen atoms in total. The minimum atomic E-state index is -2.52. The Labute approximate surface area is 77.6 Å². The van der Waals surface area contributed by atoms with Crippen molar-refractivity contribution in [2.45, 2.75) is 6.43 Å². The molecule has 6 heteroatoms. The zero-order valence-corrected chi connectivity index (χ0v) is 7.57. The highest BCUT2D eigenvalue weighted by Gasteiger charge is 2.14. The molecular weight excluding hydrogens is 215 g/mol. The van der Waals surface area contributed by atoms with Crippen LogP contribution < -0.4 is 5.73 Å². The summed E-state index contributed by atoms with van der Waals surface area (Å²) in [4.78, 5) is 0. The maximum Gasteiger partial charge on any atom is 0.266 e. The lowest BCUT2D eigenvalue weighted by Gasteiger charge is -1.94. The van der Waals surface area contributed by atoms with Gasteiger partial charge in [0.2, 0.25) is 0 Å². The number of nitrogen functional groups attached to an aromatic ring is 1. The van der Waals surface area contributed by atoms with E-state index in [4.69, 9.17) is 17.3 Å². The average molecular weight is 220 g/mol. The van der Waals surface area contributed by atoms with E-state index < -0.39 is 6.43 Å². The molecule has 11 heavy (non-hydrogen) atoms. The van der Waals surface area contributed by atoms with Gasteiger partial charge in [0.1, 0.15) is 4.34 Å². The summed E-state index contributed by atoms with van der Waals surface area (Å²) in [6.45, 7) is 0. The number of hydrogen-bond acceptors (Lipinski definition) is 2. The van der Waals surface area contributed by atoms with Gasteiger partial charge in [-0.25, -0.2) is 8.78 Å². The molecule has 0 aliphatic carbocycles. The number of halogens is 4. The fourth-order valence-electron chi connectivity index (χ4n) is 0.525. The number of rotatable bonds is 1. The minimum Gasteiger partial charge on any atom is -0.396 e. The fraction of sp³-hybridized carbons (Fsp3) is 0.200. The van der Waals surface area contributed by atoms with Crippen LogP contribution in [0, 0.1) is 0 Å². The normalized spacial score (nSPS) is 9.82. The quantitative estimate of drug-likeness (QED) is 0.771. The Morgan fingerprint density at radius 3 is 2.27 bits per heavy atom. The summed E-state index contributed by atoms with van der Waals surface area (Å²) in [5, 5.41) is 1.27. The minimum absolute atomic E-state index is 0. The van der Waals surface area contributed by atoms with Crippen molar-refractivity contribution >= 4 is 41.0 Å². The van der Waals surface area contributed by atoms with Crippen molar-refractivity contribution in [2.24, 2.45) is 0 Å². The van der Waals surface area contributed by atoms with Crippen LogP contribution in [0.2, 0.25) is 4.34 Å². The van der Waals surface area contributed by atoms with Crippen molar-refractivity contribution < 1.29 is 8.78 Å². The molecule has 0 spiro atoms. The van der Waals surface area contributed by atoms with Crippen LogP contribution >= 0.6 is 35.3 Å². The average Bonchev–Trinajstić information content (AvgIpc) is 2.14. The van der Waals surface area contributed by atoms with Crippen molar-refractivity contribution in [3.05, 3.63) is 15.3 Å². The molecule has 0 unspecified atom stereocenters. The lowest BCUT2D eigenvalue weighted by molar-refractivity contribution is 0.153. The third-order valence-electron chi connectivity index (χ3n) is 1.05. The second kappa shape index (κ2) is 4.09. The topological polar surface area (TPSA) is 26.0 Å². The van der Waals surface area contributed by atoms with Gasteiger partial charge in [0.25, 0.3) is 6.43 Å². The third-order valence-corrected chi connectivity index (χ3v) is 2.32. The van der Waals surface area contributed by atoms with Crippen LogP contribution in [0.5, 0.6) is 0 Å². The van der Waals surface area contributed by atoms with Gasteiger partial charge >= 0.3 is 0 Å². The van der Waals surface area contributed by atoms with Crippen LogP contribution in [0.15, 0.2) is 5.38 Å². The molecule has 0 aliphatic rings.